The lowest BCUT2D eigenvalue weighted by molar-refractivity contribution is -0.199. The maximum absolute atomic E-state index is 13.3. The Labute approximate surface area is 524 Å². The van der Waals surface area contributed by atoms with Crippen molar-refractivity contribution in [1.82, 2.24) is 15.1 Å². The number of benzene rings is 2. The molecule has 0 radical (unpaired) electrons. The summed E-state index contributed by atoms with van der Waals surface area (Å²) in [5.41, 5.74) is 8.12. The Morgan fingerprint density at radius 3 is 1.56 bits per heavy atom. The molecule has 24 heteroatoms. The third-order valence-corrected chi connectivity index (χ3v) is 19.6. The molecular formula is C63H92B2Cl2N4O16. The molecule has 4 saturated heterocycles. The van der Waals surface area contributed by atoms with E-state index in [4.69, 9.17) is 68.5 Å². The Balaban J connectivity index is 0.000000185. The molecule has 12 atom stereocenters. The fraction of sp³-hybridized carbons (Fsp3) is 0.683. The fourth-order valence-corrected chi connectivity index (χ4v) is 14.6. The molecule has 0 unspecified atom stereocenters. The number of nitrogens with one attached hydrogen (secondary N) is 1. The van der Waals surface area contributed by atoms with Gasteiger partial charge in [0.15, 0.2) is 0 Å². The van der Waals surface area contributed by atoms with Gasteiger partial charge in [0.1, 0.15) is 35.6 Å². The Morgan fingerprint density at radius 1 is 0.667 bits per heavy atom. The van der Waals surface area contributed by atoms with E-state index in [2.05, 4.69) is 57.7 Å². The van der Waals surface area contributed by atoms with Crippen LogP contribution in [0.1, 0.15) is 127 Å². The third kappa shape index (κ3) is 14.5. The number of hydrogen-bond donors (Lipinski definition) is 2. The smallest absolute Gasteiger partial charge is 0.464 e. The number of amides is 3. The molecule has 4 aliphatic heterocycles. The second kappa shape index (κ2) is 26.6. The Bertz CT molecular complexity index is 3040. The number of alkyl carbamates (subject to hydrolysis) is 1. The fourth-order valence-electron chi connectivity index (χ4n) is 14.6. The van der Waals surface area contributed by atoms with E-state index in [0.29, 0.717) is 68.9 Å². The minimum Gasteiger partial charge on any atom is -0.464 e. The summed E-state index contributed by atoms with van der Waals surface area (Å²) in [7, 11) is -0.980. The average molecular weight is 1250 g/mol. The standard InChI is InChI=1S/C31H43BN2O8.C20H26BNO3.C11H18ClNO5.CH4.ClH/c1-29(2,3)40-28(36)34-11-12-37-17-21(34)18-39-27(35)33-26(13-19-16-38-23-10-8-7-9-22(19)23)32-41-25-15-20-14-24(30(20,4)5)31(25,6)42-32;1-19(2)13-9-16(19)20(3)17(10-13)24-21(25-20)18(22)8-12-11-23-15-7-5-4-6-14(12)15;1-11(2,3)18-10(15)13-4-5-16-6-8(13)7-17-9(12)14;;/h7-10,16,20-21,24-26H,11-15,17-18H2,1-6H3,(H,33,35);4-7,11,13,16-18H,8-10,22H2,1-3H3;8H,4-7H2,1-3H3;1H4;1H/t20-,21+,24-,25+,26-,31-;13-,16-,17+,18-,20-;8-;;/m001../s1. The number of nitrogens with two attached hydrogens (primary N) is 1. The zero-order valence-corrected chi connectivity index (χ0v) is 53.5. The van der Waals surface area contributed by atoms with Crippen LogP contribution in [-0.4, -0.2) is 159 Å². The summed E-state index contributed by atoms with van der Waals surface area (Å²) in [6, 6.07) is 15.1. The second-order valence-corrected chi connectivity index (χ2v) is 28.3. The molecule has 10 aliphatic rings. The van der Waals surface area contributed by atoms with E-state index < -0.39 is 59.6 Å². The Kier molecular flexibility index (Phi) is 20.8. The van der Waals surface area contributed by atoms with Gasteiger partial charge in [-0.3, -0.25) is 9.80 Å². The molecular weight excluding hydrogens is 1160 g/mol. The lowest BCUT2D eigenvalue weighted by Crippen LogP contribution is -2.65. The number of ether oxygens (including phenoxy) is 6. The molecule has 0 spiro atoms. The first-order chi connectivity index (χ1) is 40.0. The van der Waals surface area contributed by atoms with Crippen molar-refractivity contribution in [3.05, 3.63) is 72.2 Å². The molecule has 2 aromatic heterocycles. The van der Waals surface area contributed by atoms with Gasteiger partial charge in [0.05, 0.1) is 80.4 Å². The van der Waals surface area contributed by atoms with E-state index in [9.17, 15) is 19.2 Å². The van der Waals surface area contributed by atoms with Gasteiger partial charge in [0.2, 0.25) is 0 Å². The minimum absolute atomic E-state index is 0. The van der Waals surface area contributed by atoms with Crippen LogP contribution in [0.15, 0.2) is 69.9 Å². The first kappa shape index (κ1) is 68.1. The molecule has 3 N–H and O–H groups in total. The van der Waals surface area contributed by atoms with Crippen LogP contribution in [-0.2, 0) is 59.9 Å². The summed E-state index contributed by atoms with van der Waals surface area (Å²) in [4.78, 5) is 51.6. The van der Waals surface area contributed by atoms with Crippen LogP contribution in [0, 0.1) is 34.5 Å². The lowest BCUT2D eigenvalue weighted by atomic mass is 9.43. The largest absolute Gasteiger partial charge is 0.482 e. The van der Waals surface area contributed by atoms with Gasteiger partial charge in [-0.05, 0) is 152 Å². The van der Waals surface area contributed by atoms with Gasteiger partial charge in [-0.15, -0.1) is 12.4 Å². The molecule has 20 nitrogen and oxygen atoms in total. The van der Waals surface area contributed by atoms with E-state index in [0.717, 1.165) is 58.2 Å². The lowest BCUT2D eigenvalue weighted by Gasteiger charge is -2.64. The average Bonchev–Trinajstić information content (AvgIpc) is 1.68. The van der Waals surface area contributed by atoms with Crippen molar-refractivity contribution in [3.63, 3.8) is 0 Å². The number of carbonyl (C=O) groups excluding carboxylic acids is 4. The van der Waals surface area contributed by atoms with Crippen molar-refractivity contribution in [1.29, 1.82) is 0 Å². The Morgan fingerprint density at radius 2 is 1.10 bits per heavy atom. The minimum atomic E-state index is -0.898. The van der Waals surface area contributed by atoms with Crippen molar-refractivity contribution in [2.24, 2.45) is 40.2 Å². The number of morpholine rings is 2. The Hall–Kier alpha value is -4.77. The van der Waals surface area contributed by atoms with Crippen LogP contribution in [0.5, 0.6) is 0 Å². The van der Waals surface area contributed by atoms with Gasteiger partial charge in [-0.2, -0.15) is 0 Å². The monoisotopic (exact) mass is 1250 g/mol. The maximum atomic E-state index is 13.3. The molecule has 4 aromatic rings. The number of para-hydroxylation sites is 2. The summed E-state index contributed by atoms with van der Waals surface area (Å²) in [6.45, 7) is 26.8. The number of nitrogens with zero attached hydrogens (tertiary/aromatic N) is 2. The molecule has 4 bridgehead atoms. The first-order valence-corrected chi connectivity index (χ1v) is 30.6. The highest BCUT2D eigenvalue weighted by Crippen LogP contribution is 2.67. The van der Waals surface area contributed by atoms with Crippen molar-refractivity contribution in [2.75, 3.05) is 52.7 Å². The number of hydrogen-bond acceptors (Lipinski definition) is 17. The van der Waals surface area contributed by atoms with Crippen LogP contribution in [0.25, 0.3) is 21.9 Å². The summed E-state index contributed by atoms with van der Waals surface area (Å²) in [5.74, 6) is 1.62. The van der Waals surface area contributed by atoms with E-state index >= 15 is 0 Å². The molecule has 6 saturated carbocycles. The van der Waals surface area contributed by atoms with Crippen molar-refractivity contribution in [2.45, 2.75) is 188 Å². The number of halogens is 2. The number of furan rings is 2. The SMILES string of the molecule is C.CC(C)(C)OC(=O)N1CCOC[C@@H]1COC(=O)Cl.CC(C)(C)OC(=O)N1CCOC[C@@H]1COC(=O)N[C@@H](Cc1coc2ccccc12)B1O[C@@H]2C[C@@H]3C[C@@H](C3(C)C)[C@]2(C)O1.CC1(C)[C@@H]2C[C@H]3OB([C@@H](N)Cc4coc5ccccc45)O[C@@]3(C)[C@H]1C2.Cl. The van der Waals surface area contributed by atoms with Crippen LogP contribution in [0.3, 0.4) is 0 Å². The molecule has 14 rings (SSSR count). The van der Waals surface area contributed by atoms with Crippen LogP contribution < -0.4 is 11.1 Å². The van der Waals surface area contributed by atoms with Gasteiger partial charge in [-0.1, -0.05) is 71.5 Å². The van der Waals surface area contributed by atoms with E-state index in [1.165, 1.54) is 11.3 Å². The van der Waals surface area contributed by atoms with E-state index in [-0.39, 0.29) is 82.0 Å². The molecule has 10 fully saturated rings. The summed E-state index contributed by atoms with van der Waals surface area (Å²) < 4.78 is 69.5. The van der Waals surface area contributed by atoms with Gasteiger partial charge < -0.3 is 66.9 Å². The maximum Gasteiger partial charge on any atom is 0.482 e. The predicted molar refractivity (Wildman–Crippen MR) is 333 cm³/mol. The first-order valence-electron chi connectivity index (χ1n) is 30.3. The highest BCUT2D eigenvalue weighted by atomic mass is 35.5. The molecule has 6 heterocycles. The third-order valence-electron chi connectivity index (χ3n) is 19.4. The number of rotatable bonds is 11. The van der Waals surface area contributed by atoms with Gasteiger partial charge >= 0.3 is 37.9 Å². The molecule has 6 aliphatic carbocycles. The summed E-state index contributed by atoms with van der Waals surface area (Å²) in [5, 5.41) is 5.14. The predicted octanol–water partition coefficient (Wildman–Crippen LogP) is 11.6. The van der Waals surface area contributed by atoms with Gasteiger partial charge in [-0.25, -0.2) is 19.2 Å². The topological polar surface area (TPSA) is 231 Å². The summed E-state index contributed by atoms with van der Waals surface area (Å²) >= 11 is 5.09. The van der Waals surface area contributed by atoms with Crippen molar-refractivity contribution in [3.8, 4) is 0 Å². The highest BCUT2D eigenvalue weighted by Gasteiger charge is 2.70. The second-order valence-electron chi connectivity index (χ2n) is 28.0. The zero-order valence-electron chi connectivity index (χ0n) is 51.9. The molecule has 480 valence electrons. The highest BCUT2D eigenvalue weighted by molar-refractivity contribution is 6.61. The summed E-state index contributed by atoms with van der Waals surface area (Å²) in [6.07, 6.45) is 7.77. The van der Waals surface area contributed by atoms with Crippen LogP contribution >= 0.6 is 24.0 Å². The molecule has 3 amide bonds. The molecule has 87 heavy (non-hydrogen) atoms. The van der Waals surface area contributed by atoms with Crippen LogP contribution in [0.2, 0.25) is 0 Å². The van der Waals surface area contributed by atoms with E-state index in [1.54, 1.807) is 31.9 Å². The van der Waals surface area contributed by atoms with E-state index in [1.807, 2.05) is 69.5 Å². The normalized spacial score (nSPS) is 29.7. The molecule has 2 aromatic carbocycles. The van der Waals surface area contributed by atoms with Crippen LogP contribution in [0.4, 0.5) is 19.2 Å². The number of fused-ring (bicyclic) bond motifs is 2. The zero-order chi connectivity index (χ0) is 61.0. The van der Waals surface area contributed by atoms with Crippen molar-refractivity contribution >= 4 is 83.9 Å². The van der Waals surface area contributed by atoms with Gasteiger partial charge in [0.25, 0.3) is 0 Å². The van der Waals surface area contributed by atoms with Crippen molar-refractivity contribution < 1.29 is 75.1 Å². The van der Waals surface area contributed by atoms with Gasteiger partial charge in [0, 0.05) is 41.4 Å². The number of carbonyl (C=O) groups is 4. The quantitative estimate of drug-likeness (QED) is 0.0807.